The quantitative estimate of drug-likeness (QED) is 0.0477. The minimum atomic E-state index is -2.68. The van der Waals surface area contributed by atoms with Crippen molar-refractivity contribution in [1.29, 1.82) is 0 Å². The Hall–Kier alpha value is -5.11. The van der Waals surface area contributed by atoms with E-state index < -0.39 is 14.3 Å². The van der Waals surface area contributed by atoms with E-state index in [1.54, 1.807) is 7.11 Å². The van der Waals surface area contributed by atoms with Crippen molar-refractivity contribution < 1.29 is 23.4 Å². The highest BCUT2D eigenvalue weighted by Crippen LogP contribution is 2.63. The lowest BCUT2D eigenvalue weighted by Gasteiger charge is -2.61. The maximum atomic E-state index is 14.1. The number of nitrogens with zero attached hydrogens (tertiary/aromatic N) is 5. The van der Waals surface area contributed by atoms with Crippen LogP contribution in [0, 0.1) is 31.1 Å². The summed E-state index contributed by atoms with van der Waals surface area (Å²) >= 11 is 12.6. The van der Waals surface area contributed by atoms with Crippen LogP contribution in [-0.4, -0.2) is 71.7 Å². The summed E-state index contributed by atoms with van der Waals surface area (Å²) in [5.41, 5.74) is 5.15. The molecule has 10 rings (SSSR count). The summed E-state index contributed by atoms with van der Waals surface area (Å²) in [4.78, 5) is 19.0. The Kier molecular flexibility index (Phi) is 14.4. The number of carbonyl (C=O) groups is 1. The van der Waals surface area contributed by atoms with Gasteiger partial charge in [0.2, 0.25) is 0 Å². The molecule has 4 aliphatic carbocycles. The first-order valence-corrected chi connectivity index (χ1v) is 27.0. The van der Waals surface area contributed by atoms with E-state index in [1.165, 1.54) is 29.6 Å². The largest absolute Gasteiger partial charge is 0.497 e. The first-order valence-electron chi connectivity index (χ1n) is 24.3. The molecule has 4 saturated carbocycles. The average Bonchev–Trinajstić information content (AvgIpc) is 3.69. The van der Waals surface area contributed by atoms with Gasteiger partial charge < -0.3 is 24.0 Å². The van der Waals surface area contributed by atoms with Crippen LogP contribution in [-0.2, 0) is 33.5 Å². The summed E-state index contributed by atoms with van der Waals surface area (Å²) in [6.45, 7) is 13.5. The van der Waals surface area contributed by atoms with Crippen LogP contribution in [0.1, 0.15) is 98.6 Å². The molecular weight excluding hydrogens is 924 g/mol. The van der Waals surface area contributed by atoms with Gasteiger partial charge in [0, 0.05) is 29.9 Å². The number of carbonyl (C=O) groups excluding carboxylic acids is 1. The number of benzene rings is 3. The second kappa shape index (κ2) is 20.3. The third kappa shape index (κ3) is 10.2. The molecule has 6 aromatic rings. The number of esters is 1. The minimum Gasteiger partial charge on any atom is -0.497 e. The molecule has 14 heteroatoms. The van der Waals surface area contributed by atoms with Crippen LogP contribution >= 0.6 is 23.2 Å². The van der Waals surface area contributed by atoms with Gasteiger partial charge in [-0.2, -0.15) is 5.10 Å². The molecule has 0 amide bonds. The van der Waals surface area contributed by atoms with Crippen molar-refractivity contribution in [2.24, 2.45) is 17.3 Å². The Bertz CT molecular complexity index is 2700. The zero-order valence-corrected chi connectivity index (χ0v) is 43.2. The molecular formula is C55H64Cl2N6O5Si. The van der Waals surface area contributed by atoms with Crippen LogP contribution in [0.3, 0.4) is 0 Å². The highest BCUT2D eigenvalue weighted by molar-refractivity contribution is 6.99. The minimum absolute atomic E-state index is 0.0591. The van der Waals surface area contributed by atoms with Gasteiger partial charge in [-0.15, -0.1) is 10.2 Å². The van der Waals surface area contributed by atoms with Gasteiger partial charge in [-0.05, 0) is 139 Å². The van der Waals surface area contributed by atoms with Crippen LogP contribution in [0.5, 0.6) is 5.75 Å². The van der Waals surface area contributed by atoms with E-state index >= 15 is 0 Å². The zero-order chi connectivity index (χ0) is 48.4. The lowest BCUT2D eigenvalue weighted by molar-refractivity contribution is -0.199. The molecule has 1 N–H and O–H groups in total. The van der Waals surface area contributed by atoms with Crippen molar-refractivity contribution in [3.63, 3.8) is 0 Å². The Morgan fingerprint density at radius 1 is 0.841 bits per heavy atom. The molecule has 4 aliphatic rings. The number of anilines is 1. The Labute approximate surface area is 417 Å². The molecule has 4 fully saturated rings. The first kappa shape index (κ1) is 48.9. The van der Waals surface area contributed by atoms with Gasteiger partial charge in [-0.1, -0.05) is 117 Å². The zero-order valence-electron chi connectivity index (χ0n) is 40.7. The number of halogens is 2. The number of hydrogen-bond donors (Lipinski definition) is 1. The van der Waals surface area contributed by atoms with Crippen LogP contribution in [0.25, 0.3) is 11.1 Å². The number of pyridine rings is 1. The van der Waals surface area contributed by atoms with Crippen molar-refractivity contribution in [2.75, 3.05) is 32.2 Å². The normalized spacial score (nSPS) is 20.8. The van der Waals surface area contributed by atoms with E-state index in [0.717, 1.165) is 65.9 Å². The van der Waals surface area contributed by atoms with Crippen molar-refractivity contribution in [3.05, 3.63) is 142 Å². The van der Waals surface area contributed by atoms with E-state index in [-0.39, 0.29) is 28.4 Å². The van der Waals surface area contributed by atoms with E-state index in [9.17, 15) is 4.79 Å². The van der Waals surface area contributed by atoms with E-state index in [0.29, 0.717) is 59.7 Å². The van der Waals surface area contributed by atoms with Crippen molar-refractivity contribution in [2.45, 2.75) is 110 Å². The molecule has 3 aromatic carbocycles. The second-order valence-electron chi connectivity index (χ2n) is 20.7. The summed E-state index contributed by atoms with van der Waals surface area (Å²) in [6, 6.07) is 33.0. The van der Waals surface area contributed by atoms with Crippen LogP contribution in [0.4, 0.5) is 5.82 Å². The average molecular weight is 988 g/mol. The number of nitrogens with one attached hydrogen (secondary N) is 1. The number of rotatable bonds is 19. The van der Waals surface area contributed by atoms with Crippen LogP contribution in [0.15, 0.2) is 103 Å². The summed E-state index contributed by atoms with van der Waals surface area (Å²) in [5.74, 6) is 2.01. The van der Waals surface area contributed by atoms with Crippen molar-refractivity contribution in [1.82, 2.24) is 25.0 Å². The van der Waals surface area contributed by atoms with E-state index in [2.05, 4.69) is 109 Å². The smallest absolute Gasteiger partial charge is 0.358 e. The highest BCUT2D eigenvalue weighted by Gasteiger charge is 2.59. The Balaban J connectivity index is 0.917. The first-order chi connectivity index (χ1) is 33.2. The molecule has 3 aromatic heterocycles. The topological polar surface area (TPSA) is 123 Å². The third-order valence-electron chi connectivity index (χ3n) is 15.0. The lowest BCUT2D eigenvalue weighted by Crippen LogP contribution is -2.67. The highest BCUT2D eigenvalue weighted by atomic mass is 35.5. The molecule has 362 valence electrons. The van der Waals surface area contributed by atoms with Crippen LogP contribution in [0.2, 0.25) is 15.3 Å². The fourth-order valence-electron chi connectivity index (χ4n) is 12.3. The van der Waals surface area contributed by atoms with Gasteiger partial charge in [0.05, 0.1) is 32.1 Å². The SMILES string of the molecule is COc1ccc(COC(=O)c2nc(NCCCc3c(Cl)nnc(Cl)c3C)ccc2-c2cnn(CC34CC5CC(C3)CC(OCCO[Si](c3ccccc3)(c3ccccc3)C(C)(C)C)(C5)C4)c2C)cc1. The second-order valence-corrected chi connectivity index (χ2v) is 25.8. The molecule has 69 heavy (non-hydrogen) atoms. The number of aromatic nitrogens is 5. The van der Waals surface area contributed by atoms with Gasteiger partial charge in [-0.25, -0.2) is 9.78 Å². The molecule has 0 saturated heterocycles. The molecule has 11 nitrogen and oxygen atoms in total. The maximum Gasteiger partial charge on any atom is 0.358 e. The van der Waals surface area contributed by atoms with Crippen molar-refractivity contribution in [3.8, 4) is 16.9 Å². The number of ether oxygens (including phenoxy) is 3. The van der Waals surface area contributed by atoms with E-state index in [1.807, 2.05) is 49.5 Å². The fourth-order valence-corrected chi connectivity index (χ4v) is 17.2. The Morgan fingerprint density at radius 2 is 1.51 bits per heavy atom. The summed E-state index contributed by atoms with van der Waals surface area (Å²) in [5, 5.41) is 19.5. The lowest BCUT2D eigenvalue weighted by atomic mass is 9.48. The molecule has 2 atom stereocenters. The molecule has 3 heterocycles. The predicted octanol–water partition coefficient (Wildman–Crippen LogP) is 11.0. The summed E-state index contributed by atoms with van der Waals surface area (Å²) < 4.78 is 27.9. The molecule has 4 bridgehead atoms. The molecule has 0 radical (unpaired) electrons. The fraction of sp³-hybridized carbons (Fsp3) is 0.436. The standard InChI is InChI=1S/C55H64Cl2N6O5Si/c1-37-45(51(57)62-61-50(37)56)18-13-25-58-48-24-23-46(49(60-48)52(64)66-34-39-19-21-42(65-6)22-20-39)47-33-59-63(38(47)2)36-54-29-40-28-41(30-54)32-55(31-40,35-54)67-26-27-68-69(53(3,4)5,43-14-9-7-10-15-43)44-16-11-8-12-17-44/h7-12,14-17,19-24,33,40-41H,13,18,25-32,34-36H2,1-6H3,(H,58,60). The predicted molar refractivity (Wildman–Crippen MR) is 275 cm³/mol. The van der Waals surface area contributed by atoms with Gasteiger partial charge in [0.25, 0.3) is 8.32 Å². The summed E-state index contributed by atoms with van der Waals surface area (Å²) in [7, 11) is -1.06. The molecule has 0 spiro atoms. The van der Waals surface area contributed by atoms with Crippen LogP contribution < -0.4 is 20.4 Å². The van der Waals surface area contributed by atoms with Gasteiger partial charge in [0.1, 0.15) is 18.2 Å². The molecule has 0 aliphatic heterocycles. The monoisotopic (exact) mass is 986 g/mol. The van der Waals surface area contributed by atoms with Gasteiger partial charge in [0.15, 0.2) is 16.0 Å². The van der Waals surface area contributed by atoms with Gasteiger partial charge >= 0.3 is 5.97 Å². The summed E-state index contributed by atoms with van der Waals surface area (Å²) in [6.07, 6.45) is 10.1. The number of methoxy groups -OCH3 is 1. The third-order valence-corrected chi connectivity index (χ3v) is 20.7. The van der Waals surface area contributed by atoms with E-state index in [4.69, 9.17) is 51.9 Å². The Morgan fingerprint density at radius 3 is 2.16 bits per heavy atom. The number of hydrogen-bond acceptors (Lipinski definition) is 10. The van der Waals surface area contributed by atoms with Gasteiger partial charge in [-0.3, -0.25) is 4.68 Å². The molecule has 2 unspecified atom stereocenters. The maximum absolute atomic E-state index is 14.1. The van der Waals surface area contributed by atoms with Crippen molar-refractivity contribution >= 4 is 53.7 Å².